The molecule has 0 radical (unpaired) electrons. The van der Waals surface area contributed by atoms with Gasteiger partial charge in [-0.2, -0.15) is 4.98 Å². The number of nitrogens with one attached hydrogen (secondary N) is 1. The molecular weight excluding hydrogens is 351 g/mol. The molecule has 0 unspecified atom stereocenters. The van der Waals surface area contributed by atoms with Crippen molar-refractivity contribution >= 4 is 32.8 Å². The Bertz CT molecular complexity index is 1150. The summed E-state index contributed by atoms with van der Waals surface area (Å²) in [6, 6.07) is 11.2. The van der Waals surface area contributed by atoms with Gasteiger partial charge in [-0.25, -0.2) is 8.91 Å². The van der Waals surface area contributed by atoms with E-state index in [1.807, 2.05) is 18.2 Å². The van der Waals surface area contributed by atoms with E-state index in [1.165, 1.54) is 24.2 Å². The Balaban J connectivity index is 1.50. The predicted molar refractivity (Wildman–Crippen MR) is 99.0 cm³/mol. The largest absolute Gasteiger partial charge is 0.310 e. The lowest BCUT2D eigenvalue weighted by Gasteiger charge is -2.05. The SMILES string of the molecule is O=Cc1ccc2c(c1)sc1nc(-c3ccc(CNC4CC4)cc3F)nn12. The zero-order chi connectivity index (χ0) is 17.7. The molecule has 7 heteroatoms. The monoisotopic (exact) mass is 366 g/mol. The molecule has 1 N–H and O–H groups in total. The van der Waals surface area contributed by atoms with Crippen LogP contribution in [-0.4, -0.2) is 26.9 Å². The fraction of sp³-hybridized carbons (Fsp3) is 0.211. The molecule has 5 nitrogen and oxygen atoms in total. The number of benzene rings is 2. The van der Waals surface area contributed by atoms with Crippen LogP contribution in [0.1, 0.15) is 28.8 Å². The molecule has 5 rings (SSSR count). The van der Waals surface area contributed by atoms with Crippen molar-refractivity contribution in [3.8, 4) is 11.4 Å². The van der Waals surface area contributed by atoms with E-state index in [0.717, 1.165) is 22.1 Å². The van der Waals surface area contributed by atoms with Crippen LogP contribution in [0.3, 0.4) is 0 Å². The van der Waals surface area contributed by atoms with Crippen LogP contribution in [-0.2, 0) is 6.54 Å². The number of thiazole rings is 1. The number of nitrogens with zero attached hydrogens (tertiary/aromatic N) is 3. The lowest BCUT2D eigenvalue weighted by atomic mass is 10.1. The third-order valence-corrected chi connectivity index (χ3v) is 5.57. The highest BCUT2D eigenvalue weighted by molar-refractivity contribution is 7.23. The van der Waals surface area contributed by atoms with Gasteiger partial charge >= 0.3 is 0 Å². The van der Waals surface area contributed by atoms with Crippen molar-refractivity contribution in [2.24, 2.45) is 0 Å². The summed E-state index contributed by atoms with van der Waals surface area (Å²) in [5.74, 6) is 0.0581. The molecule has 0 bridgehead atoms. The molecule has 1 aliphatic carbocycles. The summed E-state index contributed by atoms with van der Waals surface area (Å²) in [6.07, 6.45) is 3.23. The van der Waals surface area contributed by atoms with E-state index in [1.54, 1.807) is 22.7 Å². The van der Waals surface area contributed by atoms with Crippen LogP contribution in [0, 0.1) is 5.82 Å². The predicted octanol–water partition coefficient (Wildman–Crippen LogP) is 3.81. The molecule has 2 aromatic carbocycles. The summed E-state index contributed by atoms with van der Waals surface area (Å²) in [6.45, 7) is 0.678. The molecule has 0 saturated heterocycles. The first-order valence-corrected chi connectivity index (χ1v) is 9.29. The summed E-state index contributed by atoms with van der Waals surface area (Å²) in [5.41, 5.74) is 2.79. The van der Waals surface area contributed by atoms with Gasteiger partial charge in [0.15, 0.2) is 5.82 Å². The van der Waals surface area contributed by atoms with E-state index in [4.69, 9.17) is 0 Å². The van der Waals surface area contributed by atoms with Crippen LogP contribution in [0.5, 0.6) is 0 Å². The molecule has 0 spiro atoms. The number of hydrogen-bond acceptors (Lipinski definition) is 5. The van der Waals surface area contributed by atoms with Crippen LogP contribution >= 0.6 is 11.3 Å². The molecule has 0 amide bonds. The molecular formula is C19H15FN4OS. The van der Waals surface area contributed by atoms with Crippen molar-refractivity contribution in [2.75, 3.05) is 0 Å². The molecule has 2 heterocycles. The quantitative estimate of drug-likeness (QED) is 0.546. The van der Waals surface area contributed by atoms with Crippen molar-refractivity contribution in [3.05, 3.63) is 53.3 Å². The Morgan fingerprint density at radius 1 is 1.27 bits per heavy atom. The second-order valence-corrected chi connectivity index (χ2v) is 7.56. The molecule has 1 saturated carbocycles. The van der Waals surface area contributed by atoms with Gasteiger partial charge in [-0.3, -0.25) is 4.79 Å². The Morgan fingerprint density at radius 2 is 2.15 bits per heavy atom. The van der Waals surface area contributed by atoms with Crippen molar-refractivity contribution in [1.29, 1.82) is 0 Å². The maximum Gasteiger partial charge on any atom is 0.213 e. The minimum atomic E-state index is -0.314. The van der Waals surface area contributed by atoms with Crippen molar-refractivity contribution in [1.82, 2.24) is 19.9 Å². The van der Waals surface area contributed by atoms with Crippen LogP contribution in [0.4, 0.5) is 4.39 Å². The number of carbonyl (C=O) groups excluding carboxylic acids is 1. The topological polar surface area (TPSA) is 59.3 Å². The number of aromatic nitrogens is 3. The normalized spacial score (nSPS) is 14.3. The standard InChI is InChI=1S/C19H15FN4OS/c20-15-7-11(9-21-13-3-4-13)1-5-14(15)18-22-19-24(23-18)16-6-2-12(10-25)8-17(16)26-19/h1-2,5-8,10,13,21H,3-4,9H2. The van der Waals surface area contributed by atoms with Gasteiger partial charge in [-0.15, -0.1) is 5.10 Å². The van der Waals surface area contributed by atoms with Gasteiger partial charge in [0, 0.05) is 18.2 Å². The summed E-state index contributed by atoms with van der Waals surface area (Å²) >= 11 is 1.43. The van der Waals surface area contributed by atoms with Crippen molar-refractivity contribution in [2.45, 2.75) is 25.4 Å². The summed E-state index contributed by atoms with van der Waals surface area (Å²) < 4.78 is 17.2. The van der Waals surface area contributed by atoms with Gasteiger partial charge in [0.25, 0.3) is 0 Å². The first kappa shape index (κ1) is 15.6. The van der Waals surface area contributed by atoms with Gasteiger partial charge < -0.3 is 5.32 Å². The summed E-state index contributed by atoms with van der Waals surface area (Å²) in [5, 5.41) is 7.85. The number of carbonyl (C=O) groups is 1. The smallest absolute Gasteiger partial charge is 0.213 e. The third kappa shape index (κ3) is 2.69. The summed E-state index contributed by atoms with van der Waals surface area (Å²) in [4.78, 5) is 16.1. The van der Waals surface area contributed by atoms with E-state index in [0.29, 0.717) is 34.5 Å². The number of aldehydes is 1. The molecule has 2 aromatic heterocycles. The Morgan fingerprint density at radius 3 is 2.92 bits per heavy atom. The average molecular weight is 366 g/mol. The highest BCUT2D eigenvalue weighted by atomic mass is 32.1. The minimum Gasteiger partial charge on any atom is -0.310 e. The zero-order valence-electron chi connectivity index (χ0n) is 13.8. The highest BCUT2D eigenvalue weighted by Gasteiger charge is 2.20. The Kier molecular flexibility index (Phi) is 3.58. The molecule has 0 aliphatic heterocycles. The van der Waals surface area contributed by atoms with Crippen LogP contribution in [0.25, 0.3) is 26.6 Å². The number of hydrogen-bond donors (Lipinski definition) is 1. The third-order valence-electron chi connectivity index (χ3n) is 4.57. The maximum absolute atomic E-state index is 14.6. The first-order valence-electron chi connectivity index (χ1n) is 8.48. The minimum absolute atomic E-state index is 0.314. The average Bonchev–Trinajstić information content (AvgIpc) is 3.30. The molecule has 0 atom stereocenters. The van der Waals surface area contributed by atoms with Gasteiger partial charge in [-0.1, -0.05) is 17.4 Å². The van der Waals surface area contributed by atoms with Crippen LogP contribution in [0.2, 0.25) is 0 Å². The molecule has 1 aliphatic rings. The lowest BCUT2D eigenvalue weighted by molar-refractivity contribution is 0.112. The molecule has 26 heavy (non-hydrogen) atoms. The van der Waals surface area contributed by atoms with Crippen molar-refractivity contribution in [3.63, 3.8) is 0 Å². The van der Waals surface area contributed by atoms with E-state index in [-0.39, 0.29) is 5.82 Å². The fourth-order valence-corrected chi connectivity index (χ4v) is 4.00. The van der Waals surface area contributed by atoms with Crippen molar-refractivity contribution < 1.29 is 9.18 Å². The first-order chi connectivity index (χ1) is 12.7. The zero-order valence-corrected chi connectivity index (χ0v) is 14.6. The second kappa shape index (κ2) is 5.96. The van der Waals surface area contributed by atoms with Gasteiger partial charge in [0.2, 0.25) is 4.96 Å². The Hall–Kier alpha value is -2.64. The fourth-order valence-electron chi connectivity index (χ4n) is 2.99. The van der Waals surface area contributed by atoms with E-state index >= 15 is 0 Å². The van der Waals surface area contributed by atoms with E-state index in [9.17, 15) is 9.18 Å². The number of rotatable bonds is 5. The van der Waals surface area contributed by atoms with Gasteiger partial charge in [0.05, 0.1) is 15.8 Å². The maximum atomic E-state index is 14.6. The molecule has 4 aromatic rings. The van der Waals surface area contributed by atoms with Gasteiger partial charge in [-0.05, 0) is 48.7 Å². The molecule has 1 fully saturated rings. The summed E-state index contributed by atoms with van der Waals surface area (Å²) in [7, 11) is 0. The highest BCUT2D eigenvalue weighted by Crippen LogP contribution is 2.29. The Labute approximate surface area is 152 Å². The molecule has 130 valence electrons. The van der Waals surface area contributed by atoms with E-state index in [2.05, 4.69) is 15.4 Å². The van der Waals surface area contributed by atoms with E-state index < -0.39 is 0 Å². The number of fused-ring (bicyclic) bond motifs is 3. The second-order valence-electron chi connectivity index (χ2n) is 6.55. The lowest BCUT2D eigenvalue weighted by Crippen LogP contribution is -2.15. The number of halogens is 1. The van der Waals surface area contributed by atoms with Crippen LogP contribution in [0.15, 0.2) is 36.4 Å². The van der Waals surface area contributed by atoms with Crippen LogP contribution < -0.4 is 5.32 Å². The van der Waals surface area contributed by atoms with Gasteiger partial charge in [0.1, 0.15) is 12.1 Å².